The summed E-state index contributed by atoms with van der Waals surface area (Å²) in [4.78, 5) is 46.4. The van der Waals surface area contributed by atoms with Crippen LogP contribution in [0, 0.1) is 35.3 Å². The summed E-state index contributed by atoms with van der Waals surface area (Å²) in [6, 6.07) is 7.69. The number of piperidine rings is 2. The standard InChI is InChI=1S/C24H23ClFN3O4S.C18H20BrN3O4S.C6H5BClFO2/c1-24(4-5-24)33-23(30)29-7-13-9-31-10-14(8-29)20(13)32-22-21-19(27-12-28-22)17(11-34-21)16-3-2-15(26)6-18(16)25;1-18(2-3-18)26-17(23)22-4-10-6-24-7-11(5-22)14(10)25-16-15-13(20-9-21-16)12(19)8-27-15;8-6-3-4(9)1-2-5(6)7(10)11/h2-3,6,11-14,20H,4-5,7-10H2,1H3;8-11,14H,2-7H2,1H3;1-3,10-11H. The van der Waals surface area contributed by atoms with Gasteiger partial charge in [-0.05, 0) is 85.8 Å². The Bertz CT molecular complexity index is 2960. The Morgan fingerprint density at radius 2 is 1.15 bits per heavy atom. The van der Waals surface area contributed by atoms with Crippen LogP contribution in [0.2, 0.25) is 10.0 Å². The molecule has 2 N–H and O–H groups in total. The molecular formula is C48H48BBrCl2F2N6O10S2. The molecule has 380 valence electrons. The summed E-state index contributed by atoms with van der Waals surface area (Å²) in [6.07, 6.45) is 6.13. The van der Waals surface area contributed by atoms with Gasteiger partial charge in [-0.1, -0.05) is 29.3 Å². The average molecular weight is 1130 g/mol. The number of nitrogens with zero attached hydrogens (tertiary/aromatic N) is 6. The number of likely N-dealkylation sites (tertiary alicyclic amines) is 2. The second-order valence-corrected chi connectivity index (χ2v) is 22.8. The van der Waals surface area contributed by atoms with Crippen LogP contribution in [-0.2, 0) is 18.9 Å². The number of carbonyl (C=O) groups excluding carboxylic acids is 2. The van der Waals surface area contributed by atoms with Crippen LogP contribution in [0.4, 0.5) is 18.4 Å². The highest BCUT2D eigenvalue weighted by Crippen LogP contribution is 2.44. The van der Waals surface area contributed by atoms with Crippen LogP contribution in [0.3, 0.4) is 0 Å². The average Bonchev–Trinajstić information content (AvgIpc) is 4.14. The van der Waals surface area contributed by atoms with Crippen molar-refractivity contribution in [3.05, 3.63) is 86.0 Å². The molecule has 2 aromatic carbocycles. The third-order valence-electron chi connectivity index (χ3n) is 13.7. The van der Waals surface area contributed by atoms with E-state index in [1.54, 1.807) is 22.3 Å². The van der Waals surface area contributed by atoms with Crippen molar-refractivity contribution in [1.29, 1.82) is 0 Å². The summed E-state index contributed by atoms with van der Waals surface area (Å²) in [5.41, 5.74) is 2.65. The highest BCUT2D eigenvalue weighted by atomic mass is 79.9. The van der Waals surface area contributed by atoms with Gasteiger partial charge in [-0.2, -0.15) is 0 Å². The van der Waals surface area contributed by atoms with E-state index in [1.807, 2.05) is 29.5 Å². The maximum Gasteiger partial charge on any atom is 0.489 e. The third-order valence-corrected chi connectivity index (χ3v) is 17.1. The summed E-state index contributed by atoms with van der Waals surface area (Å²) < 4.78 is 64.3. The fourth-order valence-corrected chi connectivity index (χ4v) is 12.3. The van der Waals surface area contributed by atoms with E-state index in [-0.39, 0.29) is 75.6 Å². The maximum absolute atomic E-state index is 13.5. The van der Waals surface area contributed by atoms with Crippen LogP contribution in [-0.4, -0.2) is 135 Å². The van der Waals surface area contributed by atoms with Crippen LogP contribution in [0.1, 0.15) is 39.5 Å². The lowest BCUT2D eigenvalue weighted by Gasteiger charge is -2.46. The fraction of sp³-hybridized carbons (Fsp3) is 0.458. The van der Waals surface area contributed by atoms with Crippen molar-refractivity contribution >= 4 is 107 Å². The van der Waals surface area contributed by atoms with Crippen molar-refractivity contribution in [2.75, 3.05) is 52.6 Å². The molecule has 6 aliphatic rings. The first-order chi connectivity index (χ1) is 34.5. The molecule has 6 aromatic rings. The van der Waals surface area contributed by atoms with Crippen molar-refractivity contribution in [3.63, 3.8) is 0 Å². The Kier molecular flexibility index (Phi) is 14.9. The zero-order chi connectivity index (χ0) is 50.5. The molecule has 0 spiro atoms. The van der Waals surface area contributed by atoms with E-state index in [1.165, 1.54) is 42.2 Å². The minimum atomic E-state index is -1.65. The number of fused-ring (bicyclic) bond motifs is 6. The van der Waals surface area contributed by atoms with Gasteiger partial charge in [0.05, 0.1) is 41.4 Å². The van der Waals surface area contributed by atoms with E-state index in [9.17, 15) is 18.4 Å². The van der Waals surface area contributed by atoms with Crippen molar-refractivity contribution in [1.82, 2.24) is 29.7 Å². The van der Waals surface area contributed by atoms with Crippen LogP contribution < -0.4 is 14.9 Å². The number of hydrogen-bond donors (Lipinski definition) is 2. The lowest BCUT2D eigenvalue weighted by atomic mass is 9.80. The molecule has 12 rings (SSSR count). The molecule has 2 amide bonds. The molecule has 4 bridgehead atoms. The van der Waals surface area contributed by atoms with E-state index in [4.69, 9.17) is 61.7 Å². The number of amides is 2. The van der Waals surface area contributed by atoms with Gasteiger partial charge in [-0.25, -0.2) is 38.3 Å². The quantitative estimate of drug-likeness (QED) is 0.138. The lowest BCUT2D eigenvalue weighted by molar-refractivity contribution is -0.111. The maximum atomic E-state index is 13.5. The lowest BCUT2D eigenvalue weighted by Crippen LogP contribution is -2.59. The van der Waals surface area contributed by atoms with E-state index >= 15 is 0 Å². The first-order valence-electron chi connectivity index (χ1n) is 23.3. The Morgan fingerprint density at radius 1 is 0.694 bits per heavy atom. The molecule has 4 aliphatic heterocycles. The van der Waals surface area contributed by atoms with Gasteiger partial charge in [0.2, 0.25) is 11.8 Å². The van der Waals surface area contributed by atoms with E-state index in [0.717, 1.165) is 62.8 Å². The highest BCUT2D eigenvalue weighted by Gasteiger charge is 2.49. The predicted octanol–water partition coefficient (Wildman–Crippen LogP) is 8.79. The van der Waals surface area contributed by atoms with Gasteiger partial charge < -0.3 is 48.3 Å². The molecule has 16 nitrogen and oxygen atoms in total. The van der Waals surface area contributed by atoms with Crippen molar-refractivity contribution in [3.8, 4) is 22.9 Å². The summed E-state index contributed by atoms with van der Waals surface area (Å²) >= 11 is 18.3. The van der Waals surface area contributed by atoms with Crippen LogP contribution in [0.15, 0.2) is 64.3 Å². The molecule has 2 aliphatic carbocycles. The predicted molar refractivity (Wildman–Crippen MR) is 270 cm³/mol. The topological polar surface area (TPSA) is 188 Å². The molecular weight excluding hydrogens is 1080 g/mol. The highest BCUT2D eigenvalue weighted by molar-refractivity contribution is 9.10. The first-order valence-corrected chi connectivity index (χ1v) is 26.7. The number of carbonyl (C=O) groups is 2. The zero-order valence-electron chi connectivity index (χ0n) is 38.9. The van der Waals surface area contributed by atoms with Gasteiger partial charge >= 0.3 is 19.3 Å². The minimum Gasteiger partial charge on any atom is -0.472 e. The molecule has 2 saturated carbocycles. The number of thiophene rings is 2. The van der Waals surface area contributed by atoms with Crippen LogP contribution in [0.25, 0.3) is 31.6 Å². The summed E-state index contributed by atoms with van der Waals surface area (Å²) in [7, 11) is -1.65. The Hall–Kier alpha value is -4.52. The molecule has 6 fully saturated rings. The number of benzene rings is 2. The van der Waals surface area contributed by atoms with Crippen molar-refractivity contribution < 1.29 is 56.8 Å². The summed E-state index contributed by atoms with van der Waals surface area (Å²) in [5.74, 6) is 0.464. The fourth-order valence-electron chi connectivity index (χ4n) is 9.25. The first kappa shape index (κ1) is 51.0. The number of hydrogen-bond acceptors (Lipinski definition) is 16. The van der Waals surface area contributed by atoms with Gasteiger partial charge in [0.25, 0.3) is 0 Å². The second kappa shape index (κ2) is 21.0. The molecule has 8 heterocycles. The van der Waals surface area contributed by atoms with Crippen LogP contribution in [0.5, 0.6) is 11.8 Å². The zero-order valence-corrected chi connectivity index (χ0v) is 43.6. The molecule has 72 heavy (non-hydrogen) atoms. The third kappa shape index (κ3) is 11.3. The molecule has 4 aromatic heterocycles. The largest absolute Gasteiger partial charge is 0.489 e. The number of halogens is 5. The van der Waals surface area contributed by atoms with Crippen molar-refractivity contribution in [2.45, 2.75) is 62.9 Å². The van der Waals surface area contributed by atoms with Gasteiger partial charge in [0.15, 0.2) is 0 Å². The molecule has 0 radical (unpaired) electrons. The SMILES string of the molecule is CC1(OC(=O)N2CC3COCC(C2)C3Oc2ncnc3c(-c4ccc(F)cc4Cl)csc23)CC1.CC1(OC(=O)N2CC3COCC(C2)C3Oc2ncnc3c(Br)csc23)CC1.OB(O)c1ccc(F)cc1Cl. The minimum absolute atomic E-state index is 0.0139. The van der Waals surface area contributed by atoms with E-state index in [0.29, 0.717) is 80.5 Å². The van der Waals surface area contributed by atoms with E-state index in [2.05, 4.69) is 35.9 Å². The van der Waals surface area contributed by atoms with Gasteiger partial charge in [0.1, 0.15) is 62.6 Å². The van der Waals surface area contributed by atoms with E-state index < -0.39 is 12.9 Å². The molecule has 24 heteroatoms. The van der Waals surface area contributed by atoms with Gasteiger partial charge in [-0.15, -0.1) is 22.7 Å². The number of ether oxygens (including phenoxy) is 6. The Balaban J connectivity index is 0.000000140. The number of aromatic nitrogens is 4. The smallest absolute Gasteiger partial charge is 0.472 e. The summed E-state index contributed by atoms with van der Waals surface area (Å²) in [6.45, 7) is 8.33. The Morgan fingerprint density at radius 3 is 1.62 bits per heavy atom. The normalized spacial score (nSPS) is 24.2. The Labute approximate surface area is 439 Å². The number of rotatable bonds is 8. The molecule has 4 saturated heterocycles. The molecule has 4 unspecified atom stereocenters. The van der Waals surface area contributed by atoms with Crippen molar-refractivity contribution in [2.24, 2.45) is 23.7 Å². The van der Waals surface area contributed by atoms with Crippen LogP contribution >= 0.6 is 61.8 Å². The second-order valence-electron chi connectivity index (χ2n) is 19.3. The summed E-state index contributed by atoms with van der Waals surface area (Å²) in [5, 5.41) is 21.6. The monoisotopic (exact) mass is 1130 g/mol. The van der Waals surface area contributed by atoms with Gasteiger partial charge in [0, 0.05) is 82.2 Å². The van der Waals surface area contributed by atoms with Gasteiger partial charge in [-0.3, -0.25) is 0 Å². The molecule has 4 atom stereocenters.